The number of halogens is 6. The molecule has 1 saturated heterocycles. The summed E-state index contributed by atoms with van der Waals surface area (Å²) >= 11 is 0. The molecule has 0 N–H and O–H groups in total. The minimum absolute atomic E-state index is 0.0829. The maximum Gasteiger partial charge on any atom is 0.422 e. The second-order valence-electron chi connectivity index (χ2n) is 6.76. The van der Waals surface area contributed by atoms with E-state index in [2.05, 4.69) is 9.97 Å². The monoisotopic (exact) mass is 435 g/mol. The van der Waals surface area contributed by atoms with Crippen LogP contribution in [0, 0.1) is 0 Å². The van der Waals surface area contributed by atoms with Gasteiger partial charge in [0.1, 0.15) is 11.5 Å². The number of anilines is 1. The largest absolute Gasteiger partial charge is 0.484 e. The molecule has 1 aliphatic heterocycles. The summed E-state index contributed by atoms with van der Waals surface area (Å²) in [6.45, 7) is -1.59. The second kappa shape index (κ2) is 8.97. The van der Waals surface area contributed by atoms with Gasteiger partial charge in [-0.3, -0.25) is 0 Å². The summed E-state index contributed by atoms with van der Waals surface area (Å²) in [5.41, 5.74) is 0.305. The summed E-state index contributed by atoms with van der Waals surface area (Å²) in [6, 6.07) is 4.89. The number of hydrogen-bond donors (Lipinski definition) is 0. The third kappa shape index (κ3) is 6.39. The number of hydrogen-bond acceptors (Lipinski definition) is 5. The van der Waals surface area contributed by atoms with E-state index in [0.717, 1.165) is 44.5 Å². The van der Waals surface area contributed by atoms with E-state index in [9.17, 15) is 26.3 Å². The van der Waals surface area contributed by atoms with Gasteiger partial charge in [-0.15, -0.1) is 0 Å². The van der Waals surface area contributed by atoms with Gasteiger partial charge < -0.3 is 14.4 Å². The van der Waals surface area contributed by atoms with Gasteiger partial charge in [-0.05, 0) is 43.5 Å². The van der Waals surface area contributed by atoms with Gasteiger partial charge in [0.25, 0.3) is 0 Å². The molecule has 0 aliphatic carbocycles. The van der Waals surface area contributed by atoms with Crippen molar-refractivity contribution < 1.29 is 35.8 Å². The Bertz CT molecular complexity index is 851. The molecule has 0 bridgehead atoms. The minimum Gasteiger partial charge on any atom is -0.484 e. The number of alkyl halides is 6. The van der Waals surface area contributed by atoms with Crippen molar-refractivity contribution >= 4 is 5.95 Å². The van der Waals surface area contributed by atoms with Crippen molar-refractivity contribution in [3.8, 4) is 22.8 Å². The maximum absolute atomic E-state index is 12.6. The van der Waals surface area contributed by atoms with Gasteiger partial charge in [0.05, 0.1) is 5.69 Å². The summed E-state index contributed by atoms with van der Waals surface area (Å²) in [4.78, 5) is 10.6. The molecule has 1 aromatic carbocycles. The average molecular weight is 435 g/mol. The Balaban J connectivity index is 1.92. The van der Waals surface area contributed by atoms with Crippen LogP contribution < -0.4 is 14.4 Å². The normalized spacial score (nSPS) is 15.2. The van der Waals surface area contributed by atoms with Gasteiger partial charge in [0.2, 0.25) is 5.95 Å². The Morgan fingerprint density at radius 2 is 1.53 bits per heavy atom. The van der Waals surface area contributed by atoms with E-state index in [1.165, 1.54) is 18.3 Å². The van der Waals surface area contributed by atoms with Crippen molar-refractivity contribution in [3.63, 3.8) is 0 Å². The lowest BCUT2D eigenvalue weighted by Gasteiger charge is -2.26. The fourth-order valence-corrected chi connectivity index (χ4v) is 2.99. The molecule has 5 nitrogen and oxygen atoms in total. The standard InChI is InChI=1S/C19H19F6N3O2/c20-18(21,22)11-29-13-4-5-16(30-12-19(23,24)25)14(10-13)15-6-7-26-17(27-15)28-8-2-1-3-9-28/h4-7,10H,1-3,8-9,11-12H2. The number of rotatable bonds is 6. The highest BCUT2D eigenvalue weighted by Gasteiger charge is 2.30. The lowest BCUT2D eigenvalue weighted by Crippen LogP contribution is -2.31. The molecule has 164 valence electrons. The second-order valence-corrected chi connectivity index (χ2v) is 6.76. The fraction of sp³-hybridized carbons (Fsp3) is 0.474. The number of piperidine rings is 1. The summed E-state index contributed by atoms with van der Waals surface area (Å²) in [6.07, 6.45) is -4.66. The van der Waals surface area contributed by atoms with Crippen molar-refractivity contribution in [1.29, 1.82) is 0 Å². The topological polar surface area (TPSA) is 47.5 Å². The van der Waals surface area contributed by atoms with Gasteiger partial charge >= 0.3 is 12.4 Å². The highest BCUT2D eigenvalue weighted by atomic mass is 19.4. The molecular weight excluding hydrogens is 416 g/mol. The van der Waals surface area contributed by atoms with Gasteiger partial charge in [0, 0.05) is 24.8 Å². The van der Waals surface area contributed by atoms with E-state index in [0.29, 0.717) is 5.95 Å². The molecule has 0 atom stereocenters. The van der Waals surface area contributed by atoms with Crippen LogP contribution in [0.3, 0.4) is 0 Å². The third-order valence-corrected chi connectivity index (χ3v) is 4.30. The first-order valence-electron chi connectivity index (χ1n) is 9.22. The molecule has 1 aromatic heterocycles. The average Bonchev–Trinajstić information content (AvgIpc) is 2.70. The van der Waals surface area contributed by atoms with Gasteiger partial charge in [0.15, 0.2) is 13.2 Å². The van der Waals surface area contributed by atoms with E-state index >= 15 is 0 Å². The molecule has 1 fully saturated rings. The quantitative estimate of drug-likeness (QED) is 0.597. The van der Waals surface area contributed by atoms with Crippen molar-refractivity contribution in [1.82, 2.24) is 9.97 Å². The zero-order valence-corrected chi connectivity index (χ0v) is 15.8. The van der Waals surface area contributed by atoms with E-state index in [1.54, 1.807) is 0 Å². The highest BCUT2D eigenvalue weighted by molar-refractivity contribution is 5.69. The molecule has 0 amide bonds. The molecule has 2 heterocycles. The smallest absolute Gasteiger partial charge is 0.422 e. The fourth-order valence-electron chi connectivity index (χ4n) is 2.99. The maximum atomic E-state index is 12.6. The summed E-state index contributed by atoms with van der Waals surface area (Å²) < 4.78 is 84.8. The van der Waals surface area contributed by atoms with Crippen LogP contribution in [0.25, 0.3) is 11.3 Å². The number of nitrogens with zero attached hydrogens (tertiary/aromatic N) is 3. The first-order valence-corrected chi connectivity index (χ1v) is 9.22. The first-order chi connectivity index (χ1) is 14.1. The van der Waals surface area contributed by atoms with E-state index in [-0.39, 0.29) is 22.8 Å². The van der Waals surface area contributed by atoms with E-state index < -0.39 is 25.6 Å². The van der Waals surface area contributed by atoms with Crippen LogP contribution in [0.4, 0.5) is 32.3 Å². The zero-order chi connectivity index (χ0) is 21.8. The molecule has 11 heteroatoms. The minimum atomic E-state index is -4.58. The third-order valence-electron chi connectivity index (χ3n) is 4.30. The van der Waals surface area contributed by atoms with Crippen LogP contribution in [-0.4, -0.2) is 48.6 Å². The molecule has 1 aliphatic rings. The van der Waals surface area contributed by atoms with Gasteiger partial charge in [-0.1, -0.05) is 0 Å². The van der Waals surface area contributed by atoms with Crippen LogP contribution in [0.1, 0.15) is 19.3 Å². The Morgan fingerprint density at radius 3 is 2.20 bits per heavy atom. The molecule has 0 unspecified atom stereocenters. The highest BCUT2D eigenvalue weighted by Crippen LogP contribution is 2.35. The summed E-state index contributed by atoms with van der Waals surface area (Å²) in [7, 11) is 0. The Morgan fingerprint density at radius 1 is 0.867 bits per heavy atom. The Hall–Kier alpha value is -2.72. The number of benzene rings is 1. The van der Waals surface area contributed by atoms with Crippen molar-refractivity contribution in [2.75, 3.05) is 31.2 Å². The van der Waals surface area contributed by atoms with E-state index in [1.807, 2.05) is 4.90 Å². The SMILES string of the molecule is FC(F)(F)COc1ccc(OCC(F)(F)F)c(-c2ccnc(N3CCCCC3)n2)c1. The van der Waals surface area contributed by atoms with Crippen LogP contribution >= 0.6 is 0 Å². The lowest BCUT2D eigenvalue weighted by molar-refractivity contribution is -0.154. The van der Waals surface area contributed by atoms with Crippen molar-refractivity contribution in [2.24, 2.45) is 0 Å². The summed E-state index contributed by atoms with van der Waals surface area (Å²) in [5.74, 6) is 0.0605. The Kier molecular flexibility index (Phi) is 6.57. The van der Waals surface area contributed by atoms with Crippen molar-refractivity contribution in [2.45, 2.75) is 31.6 Å². The zero-order valence-electron chi connectivity index (χ0n) is 15.8. The molecule has 30 heavy (non-hydrogen) atoms. The molecule has 0 saturated carbocycles. The molecule has 3 rings (SSSR count). The Labute approximate surface area is 168 Å². The molecule has 2 aromatic rings. The van der Waals surface area contributed by atoms with Crippen molar-refractivity contribution in [3.05, 3.63) is 30.5 Å². The predicted molar refractivity (Wildman–Crippen MR) is 96.6 cm³/mol. The van der Waals surface area contributed by atoms with Crippen LogP contribution in [-0.2, 0) is 0 Å². The van der Waals surface area contributed by atoms with Crippen LogP contribution in [0.2, 0.25) is 0 Å². The summed E-state index contributed by atoms with van der Waals surface area (Å²) in [5, 5.41) is 0. The molecule has 0 spiro atoms. The predicted octanol–water partition coefficient (Wildman–Crippen LogP) is 5.02. The van der Waals surface area contributed by atoms with E-state index in [4.69, 9.17) is 9.47 Å². The van der Waals surface area contributed by atoms with Crippen LogP contribution in [0.15, 0.2) is 30.5 Å². The first kappa shape index (κ1) is 22.0. The molecule has 0 radical (unpaired) electrons. The molecular formula is C19H19F6N3O2. The van der Waals surface area contributed by atoms with Crippen LogP contribution in [0.5, 0.6) is 11.5 Å². The van der Waals surface area contributed by atoms with Gasteiger partial charge in [-0.2, -0.15) is 26.3 Å². The number of ether oxygens (including phenoxy) is 2. The number of aromatic nitrogens is 2. The lowest BCUT2D eigenvalue weighted by atomic mass is 10.1. The van der Waals surface area contributed by atoms with Gasteiger partial charge in [-0.25, -0.2) is 9.97 Å².